The first-order chi connectivity index (χ1) is 9.36. The second-order valence-electron chi connectivity index (χ2n) is 7.45. The molecule has 1 nitrogen and oxygen atoms in total. The topological polar surface area (TPSA) is 12.0 Å². The predicted molar refractivity (Wildman–Crippen MR) is 83.2 cm³/mol. The Balaban J connectivity index is 2.05. The number of halogens is 1. The Kier molecular flexibility index (Phi) is 4.85. The summed E-state index contributed by atoms with van der Waals surface area (Å²) in [6.45, 7) is 9.00. The van der Waals surface area contributed by atoms with E-state index in [1.165, 1.54) is 31.2 Å². The van der Waals surface area contributed by atoms with Crippen molar-refractivity contribution < 1.29 is 4.39 Å². The Labute approximate surface area is 123 Å². The first-order valence-electron chi connectivity index (χ1n) is 7.88. The predicted octanol–water partition coefficient (Wildman–Crippen LogP) is 5.08. The fraction of sp³-hybridized carbons (Fsp3) is 0.667. The van der Waals surface area contributed by atoms with Gasteiger partial charge in [-0.3, -0.25) is 0 Å². The molecule has 2 heteroatoms. The van der Waals surface area contributed by atoms with Crippen molar-refractivity contribution in [2.24, 2.45) is 11.3 Å². The maximum atomic E-state index is 13.1. The average Bonchev–Trinajstić information content (AvgIpc) is 2.31. The van der Waals surface area contributed by atoms with E-state index in [9.17, 15) is 4.39 Å². The molecule has 1 aliphatic rings. The Hall–Kier alpha value is -0.890. The summed E-state index contributed by atoms with van der Waals surface area (Å²) in [4.78, 5) is 0. The fourth-order valence-corrected chi connectivity index (χ4v) is 3.08. The minimum Gasteiger partial charge on any atom is -0.307 e. The van der Waals surface area contributed by atoms with Gasteiger partial charge in [0.1, 0.15) is 5.82 Å². The van der Waals surface area contributed by atoms with Crippen molar-refractivity contribution in [3.8, 4) is 0 Å². The van der Waals surface area contributed by atoms with Crippen LogP contribution in [0.15, 0.2) is 24.3 Å². The van der Waals surface area contributed by atoms with Crippen molar-refractivity contribution in [2.75, 3.05) is 0 Å². The molecule has 0 spiro atoms. The fourth-order valence-electron chi connectivity index (χ4n) is 3.08. The van der Waals surface area contributed by atoms with Crippen LogP contribution in [0.25, 0.3) is 0 Å². The van der Waals surface area contributed by atoms with E-state index in [0.29, 0.717) is 6.04 Å². The van der Waals surface area contributed by atoms with E-state index in [1.807, 2.05) is 12.1 Å². The van der Waals surface area contributed by atoms with Gasteiger partial charge in [-0.1, -0.05) is 52.2 Å². The summed E-state index contributed by atoms with van der Waals surface area (Å²) in [6, 6.07) is 7.72. The Bertz CT molecular complexity index is 414. The van der Waals surface area contributed by atoms with Crippen LogP contribution in [-0.4, -0.2) is 6.04 Å². The summed E-state index contributed by atoms with van der Waals surface area (Å²) >= 11 is 0. The first kappa shape index (κ1) is 15.5. The van der Waals surface area contributed by atoms with Gasteiger partial charge in [0.2, 0.25) is 0 Å². The summed E-state index contributed by atoms with van der Waals surface area (Å²) in [7, 11) is 0. The highest BCUT2D eigenvalue weighted by Gasteiger charge is 2.29. The molecule has 0 radical (unpaired) electrons. The minimum absolute atomic E-state index is 0.117. The molecule has 1 aromatic carbocycles. The molecule has 20 heavy (non-hydrogen) atoms. The molecule has 1 fully saturated rings. The summed E-state index contributed by atoms with van der Waals surface area (Å²) in [5.41, 5.74) is 1.30. The highest BCUT2D eigenvalue weighted by Crippen LogP contribution is 2.35. The normalized spacial score (nSPS) is 19.4. The van der Waals surface area contributed by atoms with Gasteiger partial charge in [-0.25, -0.2) is 4.39 Å². The molecule has 1 N–H and O–H groups in total. The molecule has 1 aromatic rings. The van der Waals surface area contributed by atoms with Gasteiger partial charge in [0.15, 0.2) is 0 Å². The molecule has 112 valence electrons. The maximum Gasteiger partial charge on any atom is 0.123 e. The zero-order chi connectivity index (χ0) is 14.8. The van der Waals surface area contributed by atoms with Crippen LogP contribution in [0.5, 0.6) is 0 Å². The van der Waals surface area contributed by atoms with Crippen molar-refractivity contribution in [1.29, 1.82) is 0 Å². The van der Waals surface area contributed by atoms with Gasteiger partial charge >= 0.3 is 0 Å². The van der Waals surface area contributed by atoms with Crippen LogP contribution in [-0.2, 0) is 0 Å². The van der Waals surface area contributed by atoms with Crippen LogP contribution in [0.3, 0.4) is 0 Å². The van der Waals surface area contributed by atoms with Gasteiger partial charge in [0.25, 0.3) is 0 Å². The molecular formula is C18H28FN. The van der Waals surface area contributed by atoms with Crippen LogP contribution in [0.4, 0.5) is 4.39 Å². The molecule has 1 saturated carbocycles. The molecule has 2 unspecified atom stereocenters. The Morgan fingerprint density at radius 2 is 1.80 bits per heavy atom. The molecule has 0 amide bonds. The third kappa shape index (κ3) is 4.05. The summed E-state index contributed by atoms with van der Waals surface area (Å²) in [5.74, 6) is 0.746. The van der Waals surface area contributed by atoms with E-state index in [1.54, 1.807) is 12.1 Å². The molecule has 0 saturated heterocycles. The molecule has 2 rings (SSSR count). The van der Waals surface area contributed by atoms with Gasteiger partial charge in [-0.15, -0.1) is 0 Å². The van der Waals surface area contributed by atoms with E-state index >= 15 is 0 Å². The smallest absolute Gasteiger partial charge is 0.123 e. The lowest BCUT2D eigenvalue weighted by atomic mass is 9.79. The highest BCUT2D eigenvalue weighted by atomic mass is 19.1. The highest BCUT2D eigenvalue weighted by molar-refractivity contribution is 5.21. The molecular weight excluding hydrogens is 249 g/mol. The van der Waals surface area contributed by atoms with E-state index < -0.39 is 0 Å². The number of rotatable bonds is 5. The summed E-state index contributed by atoms with van der Waals surface area (Å²) < 4.78 is 13.1. The minimum atomic E-state index is -0.163. The van der Waals surface area contributed by atoms with Gasteiger partial charge in [0, 0.05) is 12.1 Å². The zero-order valence-electron chi connectivity index (χ0n) is 13.2. The lowest BCUT2D eigenvalue weighted by Crippen LogP contribution is -2.39. The van der Waals surface area contributed by atoms with Gasteiger partial charge in [0.05, 0.1) is 0 Å². The van der Waals surface area contributed by atoms with E-state index in [0.717, 1.165) is 5.92 Å². The van der Waals surface area contributed by atoms with Crippen molar-refractivity contribution in [3.63, 3.8) is 0 Å². The average molecular weight is 277 g/mol. The quantitative estimate of drug-likeness (QED) is 0.791. The summed E-state index contributed by atoms with van der Waals surface area (Å²) in [6.07, 6.45) is 5.44. The molecule has 0 bridgehead atoms. The van der Waals surface area contributed by atoms with Crippen molar-refractivity contribution >= 4 is 0 Å². The van der Waals surface area contributed by atoms with Crippen LogP contribution in [0.1, 0.15) is 65.0 Å². The van der Waals surface area contributed by atoms with E-state index in [2.05, 4.69) is 33.0 Å². The third-order valence-electron chi connectivity index (χ3n) is 4.43. The molecule has 0 heterocycles. The van der Waals surface area contributed by atoms with Crippen molar-refractivity contribution in [2.45, 2.75) is 65.5 Å². The molecule has 1 aliphatic carbocycles. The van der Waals surface area contributed by atoms with Crippen molar-refractivity contribution in [1.82, 2.24) is 5.32 Å². The number of hydrogen-bond acceptors (Lipinski definition) is 1. The monoisotopic (exact) mass is 277 g/mol. The number of nitrogens with one attached hydrogen (secondary N) is 1. The Morgan fingerprint density at radius 3 is 2.25 bits per heavy atom. The number of benzene rings is 1. The lowest BCUT2D eigenvalue weighted by molar-refractivity contribution is 0.213. The molecule has 2 atom stereocenters. The van der Waals surface area contributed by atoms with Crippen LogP contribution >= 0.6 is 0 Å². The van der Waals surface area contributed by atoms with Gasteiger partial charge < -0.3 is 5.32 Å². The zero-order valence-corrected chi connectivity index (χ0v) is 13.2. The maximum absolute atomic E-state index is 13.1. The van der Waals surface area contributed by atoms with E-state index in [-0.39, 0.29) is 17.3 Å². The SMILES string of the molecule is CC(CC1CCC1)NC(c1ccc(F)cc1)C(C)(C)C. The van der Waals surface area contributed by atoms with Crippen LogP contribution in [0, 0.1) is 17.2 Å². The van der Waals surface area contributed by atoms with Crippen LogP contribution in [0.2, 0.25) is 0 Å². The largest absolute Gasteiger partial charge is 0.307 e. The van der Waals surface area contributed by atoms with E-state index in [4.69, 9.17) is 0 Å². The second kappa shape index (κ2) is 6.26. The first-order valence-corrected chi connectivity index (χ1v) is 7.88. The second-order valence-corrected chi connectivity index (χ2v) is 7.45. The standard InChI is InChI=1S/C18H28FN/c1-13(12-14-6-5-7-14)20-17(18(2,3)4)15-8-10-16(19)11-9-15/h8-11,13-14,17,20H,5-7,12H2,1-4H3. The molecule has 0 aliphatic heterocycles. The van der Waals surface area contributed by atoms with Crippen LogP contribution < -0.4 is 5.32 Å². The van der Waals surface area contributed by atoms with Crippen molar-refractivity contribution in [3.05, 3.63) is 35.6 Å². The third-order valence-corrected chi connectivity index (χ3v) is 4.43. The molecule has 0 aromatic heterocycles. The van der Waals surface area contributed by atoms with Gasteiger partial charge in [-0.05, 0) is 42.4 Å². The lowest BCUT2D eigenvalue weighted by Gasteiger charge is -2.36. The summed E-state index contributed by atoms with van der Waals surface area (Å²) in [5, 5.41) is 3.77. The number of hydrogen-bond donors (Lipinski definition) is 1. The Morgan fingerprint density at radius 1 is 1.20 bits per heavy atom. The van der Waals surface area contributed by atoms with Gasteiger partial charge in [-0.2, -0.15) is 0 Å².